The summed E-state index contributed by atoms with van der Waals surface area (Å²) in [5, 5.41) is 10.1. The fourth-order valence-electron chi connectivity index (χ4n) is 3.44. The molecule has 3 rings (SSSR count). The van der Waals surface area contributed by atoms with Gasteiger partial charge in [-0.2, -0.15) is 0 Å². The maximum atomic E-state index is 11.4. The van der Waals surface area contributed by atoms with E-state index in [0.29, 0.717) is 18.1 Å². The molecule has 1 aliphatic heterocycles. The molecule has 1 aliphatic carbocycles. The molecule has 1 heterocycles. The number of hydrogen-bond acceptors (Lipinski definition) is 3. The first-order valence-corrected chi connectivity index (χ1v) is 8.82. The minimum atomic E-state index is -2.82. The Morgan fingerprint density at radius 2 is 2.05 bits per heavy atom. The molecule has 0 bridgehead atoms. The summed E-state index contributed by atoms with van der Waals surface area (Å²) in [6, 6.07) is 8.37. The Kier molecular flexibility index (Phi) is 3.39. The summed E-state index contributed by atoms with van der Waals surface area (Å²) in [4.78, 5) is 0. The molecule has 0 saturated carbocycles. The molecule has 0 spiro atoms. The van der Waals surface area contributed by atoms with Crippen LogP contribution in [-0.2, 0) is 16.3 Å². The van der Waals surface area contributed by atoms with Crippen molar-refractivity contribution in [1.29, 1.82) is 0 Å². The highest BCUT2D eigenvalue weighted by Gasteiger charge is 2.32. The van der Waals surface area contributed by atoms with E-state index in [2.05, 4.69) is 18.2 Å². The van der Waals surface area contributed by atoms with E-state index in [1.165, 1.54) is 11.1 Å². The molecule has 1 fully saturated rings. The fraction of sp³-hybridized carbons (Fsp3) is 0.600. The minimum Gasteiger partial charge on any atom is -0.393 e. The van der Waals surface area contributed by atoms with Gasteiger partial charge in [-0.3, -0.25) is 0 Å². The van der Waals surface area contributed by atoms with E-state index in [1.807, 2.05) is 6.07 Å². The van der Waals surface area contributed by atoms with Gasteiger partial charge in [0.1, 0.15) is 0 Å². The molecule has 104 valence electrons. The highest BCUT2D eigenvalue weighted by molar-refractivity contribution is 7.91. The van der Waals surface area contributed by atoms with Gasteiger partial charge in [0.15, 0.2) is 9.84 Å². The second kappa shape index (κ2) is 4.91. The molecule has 1 aromatic rings. The van der Waals surface area contributed by atoms with Gasteiger partial charge in [-0.05, 0) is 48.6 Å². The van der Waals surface area contributed by atoms with Crippen LogP contribution in [0.4, 0.5) is 0 Å². The molecule has 0 radical (unpaired) electrons. The summed E-state index contributed by atoms with van der Waals surface area (Å²) in [7, 11) is -2.82. The summed E-state index contributed by atoms with van der Waals surface area (Å²) in [6.45, 7) is 0. The van der Waals surface area contributed by atoms with Crippen LogP contribution in [0.15, 0.2) is 24.3 Å². The summed E-state index contributed by atoms with van der Waals surface area (Å²) in [5.74, 6) is 1.20. The number of fused-ring (bicyclic) bond motifs is 1. The van der Waals surface area contributed by atoms with Crippen LogP contribution >= 0.6 is 0 Å². The molecule has 3 unspecified atom stereocenters. The van der Waals surface area contributed by atoms with E-state index in [1.54, 1.807) is 0 Å². The van der Waals surface area contributed by atoms with Gasteiger partial charge in [0.2, 0.25) is 0 Å². The zero-order chi connectivity index (χ0) is 13.5. The molecule has 0 aromatic heterocycles. The SMILES string of the molecule is O=S1(=O)CCC(CC(O)CC2Cc3ccccc32)C1. The molecule has 1 aromatic carbocycles. The van der Waals surface area contributed by atoms with E-state index in [0.717, 1.165) is 19.3 Å². The quantitative estimate of drug-likeness (QED) is 0.916. The van der Waals surface area contributed by atoms with E-state index in [4.69, 9.17) is 0 Å². The maximum Gasteiger partial charge on any atom is 0.150 e. The predicted octanol–water partition coefficient (Wildman–Crippen LogP) is 1.90. The van der Waals surface area contributed by atoms with Crippen molar-refractivity contribution in [2.75, 3.05) is 11.5 Å². The van der Waals surface area contributed by atoms with Crippen LogP contribution in [0.2, 0.25) is 0 Å². The van der Waals surface area contributed by atoms with Crippen LogP contribution in [0.25, 0.3) is 0 Å². The van der Waals surface area contributed by atoms with Crippen molar-refractivity contribution in [3.05, 3.63) is 35.4 Å². The Hall–Kier alpha value is -0.870. The predicted molar refractivity (Wildman–Crippen MR) is 74.9 cm³/mol. The molecule has 3 atom stereocenters. The molecule has 3 nitrogen and oxygen atoms in total. The molecule has 2 aliphatic rings. The summed E-state index contributed by atoms with van der Waals surface area (Å²) in [6.07, 6.45) is 2.82. The molecular formula is C15H20O3S. The van der Waals surface area contributed by atoms with E-state index in [9.17, 15) is 13.5 Å². The first-order valence-electron chi connectivity index (χ1n) is 7.00. The number of rotatable bonds is 4. The lowest BCUT2D eigenvalue weighted by atomic mass is 9.74. The Morgan fingerprint density at radius 3 is 2.74 bits per heavy atom. The van der Waals surface area contributed by atoms with Gasteiger partial charge in [-0.25, -0.2) is 8.42 Å². The molecule has 1 saturated heterocycles. The van der Waals surface area contributed by atoms with Gasteiger partial charge < -0.3 is 5.11 Å². The third-order valence-electron chi connectivity index (χ3n) is 4.45. The van der Waals surface area contributed by atoms with Crippen molar-refractivity contribution < 1.29 is 13.5 Å². The number of benzene rings is 1. The number of aliphatic hydroxyl groups is 1. The summed E-state index contributed by atoms with van der Waals surface area (Å²) >= 11 is 0. The molecule has 1 N–H and O–H groups in total. The van der Waals surface area contributed by atoms with Crippen molar-refractivity contribution in [3.63, 3.8) is 0 Å². The first kappa shape index (κ1) is 13.1. The van der Waals surface area contributed by atoms with E-state index >= 15 is 0 Å². The van der Waals surface area contributed by atoms with Crippen molar-refractivity contribution in [1.82, 2.24) is 0 Å². The van der Waals surface area contributed by atoms with Crippen molar-refractivity contribution in [2.24, 2.45) is 5.92 Å². The molecule has 19 heavy (non-hydrogen) atoms. The van der Waals surface area contributed by atoms with E-state index < -0.39 is 9.84 Å². The van der Waals surface area contributed by atoms with Crippen LogP contribution in [-0.4, -0.2) is 31.1 Å². The van der Waals surface area contributed by atoms with E-state index in [-0.39, 0.29) is 17.8 Å². The highest BCUT2D eigenvalue weighted by atomic mass is 32.2. The maximum absolute atomic E-state index is 11.4. The lowest BCUT2D eigenvalue weighted by Crippen LogP contribution is -2.24. The number of sulfone groups is 1. The smallest absolute Gasteiger partial charge is 0.150 e. The lowest BCUT2D eigenvalue weighted by Gasteiger charge is -2.32. The van der Waals surface area contributed by atoms with Crippen molar-refractivity contribution in [3.8, 4) is 0 Å². The third-order valence-corrected chi connectivity index (χ3v) is 6.29. The van der Waals surface area contributed by atoms with Gasteiger partial charge in [-0.1, -0.05) is 24.3 Å². The average molecular weight is 280 g/mol. The monoisotopic (exact) mass is 280 g/mol. The Labute approximate surface area is 114 Å². The fourth-order valence-corrected chi connectivity index (χ4v) is 5.32. The Balaban J connectivity index is 1.52. The topological polar surface area (TPSA) is 54.4 Å². The van der Waals surface area contributed by atoms with Gasteiger partial charge in [0, 0.05) is 0 Å². The Morgan fingerprint density at radius 1 is 1.26 bits per heavy atom. The van der Waals surface area contributed by atoms with Gasteiger partial charge >= 0.3 is 0 Å². The third kappa shape index (κ3) is 2.84. The zero-order valence-electron chi connectivity index (χ0n) is 11.0. The van der Waals surface area contributed by atoms with Gasteiger partial charge in [-0.15, -0.1) is 0 Å². The average Bonchev–Trinajstić information content (AvgIpc) is 2.65. The minimum absolute atomic E-state index is 0.162. The van der Waals surface area contributed by atoms with Crippen LogP contribution in [0.1, 0.15) is 36.3 Å². The van der Waals surface area contributed by atoms with Gasteiger partial charge in [0.05, 0.1) is 17.6 Å². The van der Waals surface area contributed by atoms with Crippen LogP contribution in [0, 0.1) is 5.92 Å². The molecule has 0 amide bonds. The lowest BCUT2D eigenvalue weighted by molar-refractivity contribution is 0.126. The number of aliphatic hydroxyl groups excluding tert-OH is 1. The second-order valence-corrected chi connectivity index (χ2v) is 8.22. The van der Waals surface area contributed by atoms with Gasteiger partial charge in [0.25, 0.3) is 0 Å². The van der Waals surface area contributed by atoms with Crippen LogP contribution in [0.5, 0.6) is 0 Å². The number of hydrogen-bond donors (Lipinski definition) is 1. The summed E-state index contributed by atoms with van der Waals surface area (Å²) < 4.78 is 22.8. The molecular weight excluding hydrogens is 260 g/mol. The van der Waals surface area contributed by atoms with Crippen LogP contribution < -0.4 is 0 Å². The van der Waals surface area contributed by atoms with Crippen molar-refractivity contribution in [2.45, 2.75) is 37.7 Å². The van der Waals surface area contributed by atoms with Crippen molar-refractivity contribution >= 4 is 9.84 Å². The zero-order valence-corrected chi connectivity index (χ0v) is 11.8. The molecule has 4 heteroatoms. The first-order chi connectivity index (χ1) is 9.03. The second-order valence-electron chi connectivity index (χ2n) is 5.99. The van der Waals surface area contributed by atoms with Crippen LogP contribution in [0.3, 0.4) is 0 Å². The standard InChI is InChI=1S/C15H20O3S/c16-14(7-11-5-6-19(17,18)10-11)9-13-8-12-3-1-2-4-15(12)13/h1-4,11,13-14,16H,5-10H2. The summed E-state index contributed by atoms with van der Waals surface area (Å²) in [5.41, 5.74) is 2.75. The Bertz CT molecular complexity index is 565. The highest BCUT2D eigenvalue weighted by Crippen LogP contribution is 2.39. The largest absolute Gasteiger partial charge is 0.393 e. The normalized spacial score (nSPS) is 29.5.